The number of nitrogens with zero attached hydrogens (tertiary/aromatic N) is 2. The molecule has 1 aliphatic rings. The van der Waals surface area contributed by atoms with E-state index in [2.05, 4.69) is 24.3 Å². The van der Waals surface area contributed by atoms with E-state index in [1.54, 1.807) is 0 Å². The molecule has 0 saturated carbocycles. The van der Waals surface area contributed by atoms with Crippen molar-refractivity contribution in [2.24, 2.45) is 12.5 Å². The fourth-order valence-electron chi connectivity index (χ4n) is 3.44. The van der Waals surface area contributed by atoms with Crippen LogP contribution in [0.4, 0.5) is 0 Å². The summed E-state index contributed by atoms with van der Waals surface area (Å²) >= 11 is 0. The Morgan fingerprint density at radius 3 is 2.85 bits per heavy atom. The highest BCUT2D eigenvalue weighted by atomic mass is 16.3. The fourth-order valence-corrected chi connectivity index (χ4v) is 3.44. The number of hydrogen-bond donors (Lipinski definition) is 2. The van der Waals surface area contributed by atoms with Gasteiger partial charge in [0.05, 0.1) is 6.20 Å². The van der Waals surface area contributed by atoms with Gasteiger partial charge in [0, 0.05) is 37.5 Å². The van der Waals surface area contributed by atoms with Crippen molar-refractivity contribution in [3.05, 3.63) is 17.5 Å². The van der Waals surface area contributed by atoms with E-state index in [4.69, 9.17) is 0 Å². The molecule has 1 heterocycles. The van der Waals surface area contributed by atoms with Crippen LogP contribution in [0, 0.1) is 5.41 Å². The molecule has 1 unspecified atom stereocenters. The van der Waals surface area contributed by atoms with Crippen molar-refractivity contribution in [1.29, 1.82) is 0 Å². The van der Waals surface area contributed by atoms with Gasteiger partial charge in [-0.1, -0.05) is 13.8 Å². The van der Waals surface area contributed by atoms with Crippen molar-refractivity contribution in [3.8, 4) is 0 Å². The Hall–Kier alpha value is -0.870. The van der Waals surface area contributed by atoms with Gasteiger partial charge in [0.2, 0.25) is 0 Å². The van der Waals surface area contributed by atoms with Crippen molar-refractivity contribution in [3.63, 3.8) is 0 Å². The molecule has 0 bridgehead atoms. The molecule has 1 aliphatic carbocycles. The van der Waals surface area contributed by atoms with Crippen LogP contribution >= 0.6 is 0 Å². The van der Waals surface area contributed by atoms with Crippen LogP contribution in [0.3, 0.4) is 0 Å². The number of aryl methyl sites for hydroxylation is 1. The van der Waals surface area contributed by atoms with Gasteiger partial charge in [-0.25, -0.2) is 0 Å². The third-order valence-corrected chi connectivity index (χ3v) is 5.24. The summed E-state index contributed by atoms with van der Waals surface area (Å²) in [7, 11) is 2.04. The standard InChI is InChI=1S/C16H29N3O/c1-4-16(5-2,9-10-20)12-17-14-7-6-8-15-13(14)11-18-19(15)3/h11,14,17,20H,4-10,12H2,1-3H3. The molecule has 0 saturated heterocycles. The minimum absolute atomic E-state index is 0.231. The van der Waals surface area contributed by atoms with Gasteiger partial charge >= 0.3 is 0 Å². The van der Waals surface area contributed by atoms with Gasteiger partial charge in [-0.05, 0) is 43.9 Å². The van der Waals surface area contributed by atoms with E-state index in [1.807, 2.05) is 17.9 Å². The second kappa shape index (κ2) is 6.72. The molecule has 1 aromatic heterocycles. The van der Waals surface area contributed by atoms with Gasteiger partial charge in [-0.2, -0.15) is 5.10 Å². The molecular formula is C16H29N3O. The van der Waals surface area contributed by atoms with Crippen molar-refractivity contribution >= 4 is 0 Å². The number of nitrogens with one attached hydrogen (secondary N) is 1. The summed E-state index contributed by atoms with van der Waals surface area (Å²) in [4.78, 5) is 0. The summed E-state index contributed by atoms with van der Waals surface area (Å²) in [5.41, 5.74) is 2.99. The minimum Gasteiger partial charge on any atom is -0.396 e. The molecule has 1 aromatic rings. The summed E-state index contributed by atoms with van der Waals surface area (Å²) in [6.45, 7) is 5.74. The first-order valence-corrected chi connectivity index (χ1v) is 8.01. The normalized spacial score (nSPS) is 19.1. The molecule has 1 atom stereocenters. The molecule has 114 valence electrons. The van der Waals surface area contributed by atoms with Gasteiger partial charge in [-0.15, -0.1) is 0 Å². The molecule has 4 nitrogen and oxygen atoms in total. The number of aliphatic hydroxyl groups excluding tert-OH is 1. The molecule has 0 fully saturated rings. The number of fused-ring (bicyclic) bond motifs is 1. The van der Waals surface area contributed by atoms with E-state index >= 15 is 0 Å². The Kier molecular flexibility index (Phi) is 5.22. The molecule has 0 spiro atoms. The van der Waals surface area contributed by atoms with Crippen LogP contribution in [-0.2, 0) is 13.5 Å². The summed E-state index contributed by atoms with van der Waals surface area (Å²) in [6.07, 6.45) is 8.72. The molecule has 0 radical (unpaired) electrons. The van der Waals surface area contributed by atoms with Gasteiger partial charge in [0.1, 0.15) is 0 Å². The first-order chi connectivity index (χ1) is 9.65. The Bertz CT molecular complexity index is 423. The van der Waals surface area contributed by atoms with Crippen LogP contribution in [0.1, 0.15) is 63.3 Å². The molecule has 0 amide bonds. The summed E-state index contributed by atoms with van der Waals surface area (Å²) < 4.78 is 2.02. The molecule has 20 heavy (non-hydrogen) atoms. The second-order valence-corrected chi connectivity index (χ2v) is 6.18. The zero-order chi connectivity index (χ0) is 14.6. The number of hydrogen-bond acceptors (Lipinski definition) is 3. The Balaban J connectivity index is 2.04. The molecule has 0 aromatic carbocycles. The zero-order valence-corrected chi connectivity index (χ0v) is 13.2. The number of aliphatic hydroxyl groups is 1. The summed E-state index contributed by atoms with van der Waals surface area (Å²) in [5.74, 6) is 0. The van der Waals surface area contributed by atoms with Gasteiger partial charge in [0.25, 0.3) is 0 Å². The zero-order valence-electron chi connectivity index (χ0n) is 13.2. The highest BCUT2D eigenvalue weighted by Gasteiger charge is 2.29. The Morgan fingerprint density at radius 1 is 1.45 bits per heavy atom. The molecule has 4 heteroatoms. The molecule has 0 aliphatic heterocycles. The van der Waals surface area contributed by atoms with Crippen LogP contribution in [0.2, 0.25) is 0 Å². The summed E-state index contributed by atoms with van der Waals surface area (Å²) in [6, 6.07) is 0.434. The van der Waals surface area contributed by atoms with Crippen molar-refractivity contribution in [2.75, 3.05) is 13.2 Å². The number of aromatic nitrogens is 2. The predicted octanol–water partition coefficient (Wildman–Crippen LogP) is 2.58. The predicted molar refractivity (Wildman–Crippen MR) is 81.6 cm³/mol. The molecule has 2 N–H and O–H groups in total. The topological polar surface area (TPSA) is 50.1 Å². The van der Waals surface area contributed by atoms with E-state index in [9.17, 15) is 5.11 Å². The van der Waals surface area contributed by atoms with E-state index in [1.165, 1.54) is 24.1 Å². The molecular weight excluding hydrogens is 250 g/mol. The Labute approximate surface area is 122 Å². The Morgan fingerprint density at radius 2 is 2.20 bits per heavy atom. The third-order valence-electron chi connectivity index (χ3n) is 5.24. The van der Waals surface area contributed by atoms with Crippen LogP contribution in [-0.4, -0.2) is 28.0 Å². The lowest BCUT2D eigenvalue weighted by Crippen LogP contribution is -2.37. The SMILES string of the molecule is CCC(CC)(CCO)CNC1CCCc2c1cnn2C. The highest BCUT2D eigenvalue weighted by Crippen LogP contribution is 2.33. The van der Waals surface area contributed by atoms with Gasteiger partial charge < -0.3 is 10.4 Å². The van der Waals surface area contributed by atoms with E-state index in [0.717, 1.165) is 32.2 Å². The number of rotatable bonds is 7. The van der Waals surface area contributed by atoms with E-state index in [0.29, 0.717) is 6.04 Å². The maximum absolute atomic E-state index is 9.32. The quantitative estimate of drug-likeness (QED) is 0.806. The van der Waals surface area contributed by atoms with Crippen LogP contribution in [0.25, 0.3) is 0 Å². The van der Waals surface area contributed by atoms with Crippen LogP contribution in [0.5, 0.6) is 0 Å². The lowest BCUT2D eigenvalue weighted by molar-refractivity contribution is 0.157. The maximum Gasteiger partial charge on any atom is 0.0540 e. The summed E-state index contributed by atoms with van der Waals surface area (Å²) in [5, 5.41) is 17.5. The largest absolute Gasteiger partial charge is 0.396 e. The first-order valence-electron chi connectivity index (χ1n) is 8.01. The van der Waals surface area contributed by atoms with Gasteiger partial charge in [-0.3, -0.25) is 4.68 Å². The van der Waals surface area contributed by atoms with Crippen molar-refractivity contribution in [1.82, 2.24) is 15.1 Å². The lowest BCUT2D eigenvalue weighted by Gasteiger charge is -2.34. The first kappa shape index (κ1) is 15.5. The minimum atomic E-state index is 0.231. The van der Waals surface area contributed by atoms with Crippen molar-refractivity contribution < 1.29 is 5.11 Å². The monoisotopic (exact) mass is 279 g/mol. The van der Waals surface area contributed by atoms with Crippen LogP contribution in [0.15, 0.2) is 6.20 Å². The molecule has 2 rings (SSSR count). The van der Waals surface area contributed by atoms with Crippen LogP contribution < -0.4 is 5.32 Å². The highest BCUT2D eigenvalue weighted by molar-refractivity contribution is 5.24. The van der Waals surface area contributed by atoms with E-state index in [-0.39, 0.29) is 12.0 Å². The van der Waals surface area contributed by atoms with E-state index < -0.39 is 0 Å². The maximum atomic E-state index is 9.32. The average molecular weight is 279 g/mol. The fraction of sp³-hybridized carbons (Fsp3) is 0.812. The smallest absolute Gasteiger partial charge is 0.0540 e. The average Bonchev–Trinajstić information content (AvgIpc) is 2.86. The van der Waals surface area contributed by atoms with Crippen molar-refractivity contribution in [2.45, 2.75) is 58.4 Å². The third kappa shape index (κ3) is 3.07. The lowest BCUT2D eigenvalue weighted by atomic mass is 9.79. The van der Waals surface area contributed by atoms with Gasteiger partial charge in [0.15, 0.2) is 0 Å². The second-order valence-electron chi connectivity index (χ2n) is 6.18.